The minimum Gasteiger partial charge on any atom is -0.386 e. The lowest BCUT2D eigenvalue weighted by atomic mass is 10.1. The molecule has 7 heteroatoms. The minimum absolute atomic E-state index is 0.151. The summed E-state index contributed by atoms with van der Waals surface area (Å²) in [5, 5.41) is 12.0. The summed E-state index contributed by atoms with van der Waals surface area (Å²) in [4.78, 5) is 3.56. The zero-order valence-corrected chi connectivity index (χ0v) is 9.11. The summed E-state index contributed by atoms with van der Waals surface area (Å²) >= 11 is 0.509. The molecule has 0 bridgehead atoms. The summed E-state index contributed by atoms with van der Waals surface area (Å²) in [6.07, 6.45) is -2.49. The number of nitrogens with one attached hydrogen (secondary N) is 1. The first-order valence-electron chi connectivity index (χ1n) is 4.93. The van der Waals surface area contributed by atoms with Crippen LogP contribution in [0.3, 0.4) is 0 Å². The van der Waals surface area contributed by atoms with Gasteiger partial charge in [-0.05, 0) is 19.4 Å². The summed E-state index contributed by atoms with van der Waals surface area (Å²) in [6, 6.07) is -0.151. The number of rotatable bonds is 2. The van der Waals surface area contributed by atoms with Crippen molar-refractivity contribution in [3.63, 3.8) is 0 Å². The fourth-order valence-corrected chi connectivity index (χ4v) is 2.57. The van der Waals surface area contributed by atoms with Gasteiger partial charge >= 0.3 is 6.18 Å². The Balaban J connectivity index is 2.12. The Morgan fingerprint density at radius 3 is 2.81 bits per heavy atom. The Morgan fingerprint density at radius 2 is 2.31 bits per heavy atom. The summed E-state index contributed by atoms with van der Waals surface area (Å²) in [5.41, 5.74) is 0. The monoisotopic (exact) mass is 252 g/mol. The number of thiazole rings is 1. The molecule has 2 atom stereocenters. The van der Waals surface area contributed by atoms with E-state index in [1.54, 1.807) is 0 Å². The maximum atomic E-state index is 12.3. The third-order valence-electron chi connectivity index (χ3n) is 2.54. The normalized spacial score (nSPS) is 23.6. The summed E-state index contributed by atoms with van der Waals surface area (Å²) in [6.45, 7) is 0.798. The number of hydrogen-bond donors (Lipinski definition) is 2. The highest BCUT2D eigenvalue weighted by molar-refractivity contribution is 7.11. The van der Waals surface area contributed by atoms with Crippen LogP contribution in [0.15, 0.2) is 6.20 Å². The molecule has 1 aromatic rings. The highest BCUT2D eigenvalue weighted by Gasteiger charge is 2.36. The third-order valence-corrected chi connectivity index (χ3v) is 3.65. The second-order valence-electron chi connectivity index (χ2n) is 3.71. The molecule has 2 heterocycles. The molecule has 0 aromatic carbocycles. The highest BCUT2D eigenvalue weighted by atomic mass is 32.1. The van der Waals surface area contributed by atoms with Crippen LogP contribution >= 0.6 is 11.3 Å². The van der Waals surface area contributed by atoms with Gasteiger partial charge in [-0.1, -0.05) is 0 Å². The van der Waals surface area contributed by atoms with E-state index in [2.05, 4.69) is 10.3 Å². The molecular weight excluding hydrogens is 241 g/mol. The summed E-state index contributed by atoms with van der Waals surface area (Å²) in [7, 11) is 0. The van der Waals surface area contributed by atoms with Gasteiger partial charge in [0.05, 0.1) is 4.88 Å². The standard InChI is InChI=1S/C9H11F3N2OS/c10-9(11,12)8-14-4-6(16-8)7(15)5-2-1-3-13-5/h4-5,7,13,15H,1-3H2. The third kappa shape index (κ3) is 2.36. The van der Waals surface area contributed by atoms with Crippen LogP contribution < -0.4 is 5.32 Å². The number of aliphatic hydroxyl groups excluding tert-OH is 1. The predicted molar refractivity (Wildman–Crippen MR) is 53.1 cm³/mol. The molecule has 16 heavy (non-hydrogen) atoms. The molecule has 1 aliphatic heterocycles. The van der Waals surface area contributed by atoms with Crippen LogP contribution in [-0.2, 0) is 6.18 Å². The molecule has 0 spiro atoms. The SMILES string of the molecule is OC(c1cnc(C(F)(F)F)s1)C1CCCN1. The zero-order valence-electron chi connectivity index (χ0n) is 8.29. The van der Waals surface area contributed by atoms with Gasteiger partial charge in [0.1, 0.15) is 6.10 Å². The lowest BCUT2D eigenvalue weighted by molar-refractivity contribution is -0.137. The summed E-state index contributed by atoms with van der Waals surface area (Å²) in [5.74, 6) is 0. The number of hydrogen-bond acceptors (Lipinski definition) is 4. The first kappa shape index (κ1) is 11.8. The van der Waals surface area contributed by atoms with Gasteiger partial charge in [0, 0.05) is 12.2 Å². The maximum Gasteiger partial charge on any atom is 0.443 e. The Morgan fingerprint density at radius 1 is 1.56 bits per heavy atom. The van der Waals surface area contributed by atoms with E-state index >= 15 is 0 Å². The molecule has 2 rings (SSSR count). The van der Waals surface area contributed by atoms with Crippen molar-refractivity contribution >= 4 is 11.3 Å². The molecule has 1 aromatic heterocycles. The maximum absolute atomic E-state index is 12.3. The van der Waals surface area contributed by atoms with Crippen LogP contribution in [0, 0.1) is 0 Å². The van der Waals surface area contributed by atoms with Crippen LogP contribution in [0.25, 0.3) is 0 Å². The van der Waals surface area contributed by atoms with Crippen molar-refractivity contribution in [2.75, 3.05) is 6.54 Å². The van der Waals surface area contributed by atoms with Gasteiger partial charge in [-0.3, -0.25) is 0 Å². The number of nitrogens with zero attached hydrogens (tertiary/aromatic N) is 1. The Bertz CT molecular complexity index is 360. The van der Waals surface area contributed by atoms with Gasteiger partial charge in [-0.15, -0.1) is 11.3 Å². The number of halogens is 3. The van der Waals surface area contributed by atoms with E-state index in [-0.39, 0.29) is 10.9 Å². The molecule has 0 radical (unpaired) electrons. The van der Waals surface area contributed by atoms with Gasteiger partial charge in [0.15, 0.2) is 5.01 Å². The smallest absolute Gasteiger partial charge is 0.386 e. The molecular formula is C9H11F3N2OS. The zero-order chi connectivity index (χ0) is 11.8. The Kier molecular flexibility index (Phi) is 3.18. The first-order chi connectivity index (χ1) is 7.48. The molecule has 90 valence electrons. The lowest BCUT2D eigenvalue weighted by Crippen LogP contribution is -2.28. The number of aromatic nitrogens is 1. The van der Waals surface area contributed by atoms with Gasteiger partial charge in [0.2, 0.25) is 0 Å². The van der Waals surface area contributed by atoms with Gasteiger partial charge in [0.25, 0.3) is 0 Å². The first-order valence-corrected chi connectivity index (χ1v) is 5.74. The average molecular weight is 252 g/mol. The van der Waals surface area contributed by atoms with Crippen molar-refractivity contribution in [2.24, 2.45) is 0 Å². The van der Waals surface area contributed by atoms with Crippen LogP contribution in [0.4, 0.5) is 13.2 Å². The predicted octanol–water partition coefficient (Wildman–Crippen LogP) is 1.95. The molecule has 2 unspecified atom stereocenters. The number of aliphatic hydroxyl groups is 1. The molecule has 0 amide bonds. The number of alkyl halides is 3. The second-order valence-corrected chi connectivity index (χ2v) is 4.78. The minimum atomic E-state index is -4.42. The highest BCUT2D eigenvalue weighted by Crippen LogP contribution is 2.35. The van der Waals surface area contributed by atoms with E-state index < -0.39 is 17.3 Å². The summed E-state index contributed by atoms with van der Waals surface area (Å²) < 4.78 is 36.9. The van der Waals surface area contributed by atoms with Crippen molar-refractivity contribution in [1.29, 1.82) is 0 Å². The van der Waals surface area contributed by atoms with E-state index in [9.17, 15) is 18.3 Å². The van der Waals surface area contributed by atoms with E-state index in [0.717, 1.165) is 25.6 Å². The molecule has 3 nitrogen and oxygen atoms in total. The van der Waals surface area contributed by atoms with E-state index in [0.29, 0.717) is 11.3 Å². The van der Waals surface area contributed by atoms with Crippen LogP contribution in [-0.4, -0.2) is 22.7 Å². The molecule has 1 aliphatic rings. The topological polar surface area (TPSA) is 45.2 Å². The van der Waals surface area contributed by atoms with Crippen LogP contribution in [0.1, 0.15) is 28.8 Å². The molecule has 1 fully saturated rings. The van der Waals surface area contributed by atoms with Crippen molar-refractivity contribution < 1.29 is 18.3 Å². The van der Waals surface area contributed by atoms with Crippen molar-refractivity contribution in [3.8, 4) is 0 Å². The Labute approximate surface area is 94.3 Å². The van der Waals surface area contributed by atoms with Crippen LogP contribution in [0.2, 0.25) is 0 Å². The van der Waals surface area contributed by atoms with E-state index in [4.69, 9.17) is 0 Å². The average Bonchev–Trinajstić information content (AvgIpc) is 2.87. The van der Waals surface area contributed by atoms with Gasteiger partial charge in [-0.2, -0.15) is 13.2 Å². The van der Waals surface area contributed by atoms with Gasteiger partial charge in [-0.25, -0.2) is 4.98 Å². The largest absolute Gasteiger partial charge is 0.443 e. The van der Waals surface area contributed by atoms with Gasteiger partial charge < -0.3 is 10.4 Å². The van der Waals surface area contributed by atoms with E-state index in [1.165, 1.54) is 0 Å². The second kappa shape index (κ2) is 4.31. The van der Waals surface area contributed by atoms with Crippen molar-refractivity contribution in [2.45, 2.75) is 31.2 Å². The van der Waals surface area contributed by atoms with Crippen LogP contribution in [0.5, 0.6) is 0 Å². The van der Waals surface area contributed by atoms with Crippen molar-refractivity contribution in [3.05, 3.63) is 16.1 Å². The quantitative estimate of drug-likeness (QED) is 0.845. The molecule has 2 N–H and O–H groups in total. The van der Waals surface area contributed by atoms with Crippen molar-refractivity contribution in [1.82, 2.24) is 10.3 Å². The van der Waals surface area contributed by atoms with E-state index in [1.807, 2.05) is 0 Å². The lowest BCUT2D eigenvalue weighted by Gasteiger charge is -2.15. The molecule has 0 saturated carbocycles. The fourth-order valence-electron chi connectivity index (χ4n) is 1.73. The fraction of sp³-hybridized carbons (Fsp3) is 0.667. The molecule has 0 aliphatic carbocycles. The Hall–Kier alpha value is -0.660. The molecule has 1 saturated heterocycles.